The van der Waals surface area contributed by atoms with Crippen LogP contribution in [0, 0.1) is 10.1 Å². The van der Waals surface area contributed by atoms with Crippen molar-refractivity contribution >= 4 is 29.1 Å². The molecular weight excluding hydrogens is 506 g/mol. The second-order valence-electron chi connectivity index (χ2n) is 8.74. The van der Waals surface area contributed by atoms with Crippen LogP contribution in [0.3, 0.4) is 0 Å². The number of benzene rings is 2. The summed E-state index contributed by atoms with van der Waals surface area (Å²) in [6.45, 7) is 6.35. The van der Waals surface area contributed by atoms with Crippen molar-refractivity contribution in [2.24, 2.45) is 4.99 Å². The smallest absolute Gasteiger partial charge is 0.338 e. The van der Waals surface area contributed by atoms with E-state index in [-0.39, 0.29) is 22.4 Å². The van der Waals surface area contributed by atoms with Gasteiger partial charge < -0.3 is 9.47 Å². The number of unbranched alkanes of at least 4 members (excludes halogenated alkanes) is 2. The lowest BCUT2D eigenvalue weighted by atomic mass is 9.96. The first-order valence-corrected chi connectivity index (χ1v) is 13.3. The summed E-state index contributed by atoms with van der Waals surface area (Å²) in [5.41, 5.74) is 1.23. The fourth-order valence-electron chi connectivity index (χ4n) is 4.31. The highest BCUT2D eigenvalue weighted by atomic mass is 32.1. The van der Waals surface area contributed by atoms with Crippen molar-refractivity contribution in [3.05, 3.63) is 101 Å². The van der Waals surface area contributed by atoms with Crippen molar-refractivity contribution in [2.45, 2.75) is 46.1 Å². The molecule has 0 spiro atoms. The number of ether oxygens (including phenoxy) is 2. The van der Waals surface area contributed by atoms with Gasteiger partial charge in [-0.25, -0.2) is 9.79 Å². The number of thiazole rings is 1. The lowest BCUT2D eigenvalue weighted by molar-refractivity contribution is -0.385. The van der Waals surface area contributed by atoms with Crippen LogP contribution in [0.1, 0.15) is 57.2 Å². The van der Waals surface area contributed by atoms with E-state index in [1.54, 1.807) is 32.0 Å². The molecule has 0 bridgehead atoms. The molecule has 1 aromatic heterocycles. The first-order chi connectivity index (χ1) is 18.3. The highest BCUT2D eigenvalue weighted by Crippen LogP contribution is 2.31. The molecule has 0 saturated heterocycles. The molecule has 3 aromatic rings. The molecule has 0 aliphatic carbocycles. The van der Waals surface area contributed by atoms with Crippen LogP contribution in [-0.2, 0) is 9.53 Å². The van der Waals surface area contributed by atoms with Gasteiger partial charge in [0.25, 0.3) is 11.2 Å². The summed E-state index contributed by atoms with van der Waals surface area (Å²) in [5.74, 6) is 0.152. The Hall–Kier alpha value is -4.05. The van der Waals surface area contributed by atoms with Crippen LogP contribution in [0.5, 0.6) is 5.75 Å². The molecule has 10 heteroatoms. The maximum Gasteiger partial charge on any atom is 0.338 e. The quantitative estimate of drug-likeness (QED) is 0.166. The molecule has 1 aliphatic heterocycles. The highest BCUT2D eigenvalue weighted by Gasteiger charge is 2.33. The summed E-state index contributed by atoms with van der Waals surface area (Å²) in [5, 5.41) is 11.5. The highest BCUT2D eigenvalue weighted by molar-refractivity contribution is 7.07. The second-order valence-corrected chi connectivity index (χ2v) is 9.75. The summed E-state index contributed by atoms with van der Waals surface area (Å²) in [6, 6.07) is 12.8. The van der Waals surface area contributed by atoms with Crippen molar-refractivity contribution < 1.29 is 19.2 Å². The summed E-state index contributed by atoms with van der Waals surface area (Å²) in [7, 11) is 0. The van der Waals surface area contributed by atoms with Crippen LogP contribution in [0.2, 0.25) is 0 Å². The van der Waals surface area contributed by atoms with Crippen molar-refractivity contribution in [2.75, 3.05) is 13.2 Å². The lowest BCUT2D eigenvalue weighted by Gasteiger charge is -2.24. The number of hydrogen-bond donors (Lipinski definition) is 0. The number of hydrogen-bond acceptors (Lipinski definition) is 8. The van der Waals surface area contributed by atoms with Crippen LogP contribution < -0.4 is 19.6 Å². The van der Waals surface area contributed by atoms with Gasteiger partial charge >= 0.3 is 5.97 Å². The van der Waals surface area contributed by atoms with Gasteiger partial charge in [-0.1, -0.05) is 55.4 Å². The molecule has 1 aliphatic rings. The molecule has 38 heavy (non-hydrogen) atoms. The summed E-state index contributed by atoms with van der Waals surface area (Å²) in [6.07, 6.45) is 4.65. The molecule has 0 fully saturated rings. The van der Waals surface area contributed by atoms with Gasteiger partial charge in [-0.05, 0) is 50.1 Å². The Morgan fingerprint density at radius 2 is 1.89 bits per heavy atom. The first-order valence-electron chi connectivity index (χ1n) is 12.5. The van der Waals surface area contributed by atoms with Gasteiger partial charge in [0.2, 0.25) is 0 Å². The maximum atomic E-state index is 13.7. The lowest BCUT2D eigenvalue weighted by Crippen LogP contribution is -2.39. The Kier molecular flexibility index (Phi) is 8.52. The average Bonchev–Trinajstić information content (AvgIpc) is 3.20. The topological polar surface area (TPSA) is 113 Å². The van der Waals surface area contributed by atoms with E-state index in [9.17, 15) is 19.7 Å². The van der Waals surface area contributed by atoms with Crippen LogP contribution in [0.15, 0.2) is 69.6 Å². The fraction of sp³-hybridized carbons (Fsp3) is 0.321. The summed E-state index contributed by atoms with van der Waals surface area (Å²) >= 11 is 1.12. The molecule has 0 amide bonds. The molecule has 198 valence electrons. The molecule has 1 unspecified atom stereocenters. The third kappa shape index (κ3) is 5.60. The number of esters is 1. The van der Waals surface area contributed by atoms with Gasteiger partial charge in [0.15, 0.2) is 4.80 Å². The SMILES string of the molecule is CCCCCOc1ccc(C2C(C(=O)OCC)=C(C)N=c3s/c(=C\c4ccccc4[N+](=O)[O-])c(=O)n32)cc1. The van der Waals surface area contributed by atoms with Crippen molar-refractivity contribution in [3.63, 3.8) is 0 Å². The maximum absolute atomic E-state index is 13.7. The number of allylic oxidation sites excluding steroid dienone is 1. The number of aromatic nitrogens is 1. The normalized spacial score (nSPS) is 15.1. The monoisotopic (exact) mass is 535 g/mol. The number of carbonyl (C=O) groups excluding carboxylic acids is 1. The van der Waals surface area contributed by atoms with Crippen molar-refractivity contribution in [3.8, 4) is 5.75 Å². The fourth-order valence-corrected chi connectivity index (χ4v) is 5.35. The number of nitrogens with zero attached hydrogens (tertiary/aromatic N) is 3. The zero-order chi connectivity index (χ0) is 27.2. The number of rotatable bonds is 10. The Morgan fingerprint density at radius 3 is 2.58 bits per heavy atom. The molecule has 0 saturated carbocycles. The molecule has 2 aromatic carbocycles. The predicted molar refractivity (Wildman–Crippen MR) is 145 cm³/mol. The summed E-state index contributed by atoms with van der Waals surface area (Å²) < 4.78 is 12.9. The minimum Gasteiger partial charge on any atom is -0.494 e. The number of carbonyl (C=O) groups is 1. The van der Waals surface area contributed by atoms with E-state index in [0.717, 1.165) is 30.6 Å². The summed E-state index contributed by atoms with van der Waals surface area (Å²) in [4.78, 5) is 42.7. The van der Waals surface area contributed by atoms with E-state index in [1.807, 2.05) is 24.3 Å². The predicted octanol–water partition coefficient (Wildman–Crippen LogP) is 4.28. The Bertz CT molecular complexity index is 1550. The Morgan fingerprint density at radius 1 is 1.16 bits per heavy atom. The first kappa shape index (κ1) is 27.0. The van der Waals surface area contributed by atoms with Crippen LogP contribution in [-0.4, -0.2) is 28.7 Å². The number of nitro groups is 1. The van der Waals surface area contributed by atoms with E-state index in [4.69, 9.17) is 9.47 Å². The van der Waals surface area contributed by atoms with Crippen molar-refractivity contribution in [1.29, 1.82) is 0 Å². The Labute approximate surface area is 223 Å². The molecular formula is C28H29N3O6S. The molecule has 4 rings (SSSR count). The standard InChI is InChI=1S/C28H29N3O6S/c1-4-6-9-16-37-21-14-12-19(13-15-21)25-24(27(33)36-5-2)18(3)29-28-30(25)26(32)23(38-28)17-20-10-7-8-11-22(20)31(34)35/h7-8,10-15,17,25H,4-6,9,16H2,1-3H3/b23-17-. The van der Waals surface area contributed by atoms with E-state index in [0.29, 0.717) is 34.0 Å². The van der Waals surface area contributed by atoms with Gasteiger partial charge in [0.1, 0.15) is 5.75 Å². The third-order valence-corrected chi connectivity index (χ3v) is 7.13. The van der Waals surface area contributed by atoms with Crippen LogP contribution >= 0.6 is 11.3 Å². The molecule has 2 heterocycles. The van der Waals surface area contributed by atoms with Gasteiger partial charge in [-0.3, -0.25) is 19.5 Å². The Balaban J connectivity index is 1.83. The molecule has 9 nitrogen and oxygen atoms in total. The number of fused-ring (bicyclic) bond motifs is 1. The zero-order valence-electron chi connectivity index (χ0n) is 21.5. The minimum absolute atomic E-state index is 0.104. The largest absolute Gasteiger partial charge is 0.494 e. The van der Waals surface area contributed by atoms with E-state index >= 15 is 0 Å². The van der Waals surface area contributed by atoms with Gasteiger partial charge in [0, 0.05) is 6.07 Å². The van der Waals surface area contributed by atoms with E-state index < -0.39 is 22.5 Å². The number of nitro benzene ring substituents is 1. The zero-order valence-corrected chi connectivity index (χ0v) is 22.3. The average molecular weight is 536 g/mol. The van der Waals surface area contributed by atoms with Gasteiger partial charge in [-0.2, -0.15) is 0 Å². The van der Waals surface area contributed by atoms with Crippen LogP contribution in [0.4, 0.5) is 5.69 Å². The molecule has 0 N–H and O–H groups in total. The van der Waals surface area contributed by atoms with E-state index in [1.165, 1.54) is 16.7 Å². The van der Waals surface area contributed by atoms with Gasteiger partial charge in [0.05, 0.1) is 45.5 Å². The van der Waals surface area contributed by atoms with Crippen molar-refractivity contribution in [1.82, 2.24) is 4.57 Å². The second kappa shape index (κ2) is 12.0. The van der Waals surface area contributed by atoms with E-state index in [2.05, 4.69) is 11.9 Å². The number of para-hydroxylation sites is 1. The molecule has 1 atom stereocenters. The third-order valence-electron chi connectivity index (χ3n) is 6.15. The van der Waals surface area contributed by atoms with Gasteiger partial charge in [-0.15, -0.1) is 0 Å². The minimum atomic E-state index is -0.771. The van der Waals surface area contributed by atoms with Crippen LogP contribution in [0.25, 0.3) is 6.08 Å². The molecule has 0 radical (unpaired) electrons.